The van der Waals surface area contributed by atoms with Crippen LogP contribution in [0.25, 0.3) is 0 Å². The maximum Gasteiger partial charge on any atom is 0.134 e. The number of ether oxygens (including phenoxy) is 1. The molecule has 112 valence electrons. The average molecular weight is 291 g/mol. The summed E-state index contributed by atoms with van der Waals surface area (Å²) in [5, 5.41) is 0. The van der Waals surface area contributed by atoms with Gasteiger partial charge in [0, 0.05) is 11.1 Å². The summed E-state index contributed by atoms with van der Waals surface area (Å²) in [6.07, 6.45) is 0.844. The van der Waals surface area contributed by atoms with Gasteiger partial charge in [0.05, 0.1) is 12.6 Å². The lowest BCUT2D eigenvalue weighted by molar-refractivity contribution is 0.313. The minimum absolute atomic E-state index is 0.123. The van der Waals surface area contributed by atoms with Crippen LogP contribution in [0.1, 0.15) is 36.1 Å². The summed E-state index contributed by atoms with van der Waals surface area (Å²) >= 11 is 0. The van der Waals surface area contributed by atoms with Crippen LogP contribution < -0.4 is 10.5 Å². The van der Waals surface area contributed by atoms with Gasteiger partial charge in [0.15, 0.2) is 0 Å². The zero-order valence-electron chi connectivity index (χ0n) is 12.2. The molecule has 0 fully saturated rings. The molecule has 2 aromatic rings. The van der Waals surface area contributed by atoms with E-state index in [1.165, 1.54) is 12.1 Å². The van der Waals surface area contributed by atoms with Gasteiger partial charge in [-0.1, -0.05) is 31.2 Å². The van der Waals surface area contributed by atoms with Gasteiger partial charge in [-0.05, 0) is 31.0 Å². The van der Waals surface area contributed by atoms with Crippen molar-refractivity contribution in [2.75, 3.05) is 6.61 Å². The molecule has 2 rings (SSSR count). The number of aryl methyl sites for hydroxylation is 1. The first-order valence-electron chi connectivity index (χ1n) is 6.98. The van der Waals surface area contributed by atoms with E-state index in [1.54, 1.807) is 25.1 Å². The standard InChI is InChI=1S/C17H19F2NO/c1-3-10-21-14-7-5-4-6-12(14)17(20)15-13(18)9-8-11(2)16(15)19/h4-9,17H,3,10,20H2,1-2H3. The first-order valence-corrected chi connectivity index (χ1v) is 6.98. The lowest BCUT2D eigenvalue weighted by Gasteiger charge is -2.19. The van der Waals surface area contributed by atoms with Crippen LogP contribution in [-0.4, -0.2) is 6.61 Å². The fraction of sp³-hybridized carbons (Fsp3) is 0.294. The third-order valence-corrected chi connectivity index (χ3v) is 3.35. The Balaban J connectivity index is 2.45. The lowest BCUT2D eigenvalue weighted by Crippen LogP contribution is -2.17. The number of halogens is 2. The maximum atomic E-state index is 14.2. The van der Waals surface area contributed by atoms with Crippen molar-refractivity contribution < 1.29 is 13.5 Å². The number of para-hydroxylation sites is 1. The Kier molecular flexibility index (Phi) is 4.91. The Morgan fingerprint density at radius 2 is 1.86 bits per heavy atom. The molecular weight excluding hydrogens is 272 g/mol. The van der Waals surface area contributed by atoms with Gasteiger partial charge in [0.25, 0.3) is 0 Å². The van der Waals surface area contributed by atoms with Crippen molar-refractivity contribution in [3.05, 3.63) is 64.7 Å². The van der Waals surface area contributed by atoms with Gasteiger partial charge in [-0.3, -0.25) is 0 Å². The van der Waals surface area contributed by atoms with Gasteiger partial charge in [-0.2, -0.15) is 0 Å². The molecule has 0 radical (unpaired) electrons. The first kappa shape index (κ1) is 15.4. The summed E-state index contributed by atoms with van der Waals surface area (Å²) in [4.78, 5) is 0. The third kappa shape index (κ3) is 3.22. The van der Waals surface area contributed by atoms with E-state index in [2.05, 4.69) is 0 Å². The summed E-state index contributed by atoms with van der Waals surface area (Å²) < 4.78 is 33.8. The highest BCUT2D eigenvalue weighted by Crippen LogP contribution is 2.32. The maximum absolute atomic E-state index is 14.2. The van der Waals surface area contributed by atoms with Crippen molar-refractivity contribution in [3.63, 3.8) is 0 Å². The molecule has 21 heavy (non-hydrogen) atoms. The van der Waals surface area contributed by atoms with Crippen LogP contribution in [0, 0.1) is 18.6 Å². The molecule has 0 bridgehead atoms. The van der Waals surface area contributed by atoms with Crippen LogP contribution in [-0.2, 0) is 0 Å². The second-order valence-corrected chi connectivity index (χ2v) is 4.96. The SMILES string of the molecule is CCCOc1ccccc1C(N)c1c(F)ccc(C)c1F. The number of nitrogens with two attached hydrogens (primary N) is 1. The second kappa shape index (κ2) is 6.68. The minimum atomic E-state index is -0.905. The summed E-state index contributed by atoms with van der Waals surface area (Å²) in [6.45, 7) is 4.11. The zero-order valence-corrected chi connectivity index (χ0v) is 12.2. The van der Waals surface area contributed by atoms with Gasteiger partial charge in [-0.15, -0.1) is 0 Å². The molecule has 0 aliphatic rings. The normalized spacial score (nSPS) is 12.2. The van der Waals surface area contributed by atoms with E-state index in [0.717, 1.165) is 6.42 Å². The monoisotopic (exact) mass is 291 g/mol. The molecule has 0 aliphatic carbocycles. The highest BCUT2D eigenvalue weighted by atomic mass is 19.1. The Morgan fingerprint density at radius 1 is 1.14 bits per heavy atom. The highest BCUT2D eigenvalue weighted by Gasteiger charge is 2.22. The number of benzene rings is 2. The van der Waals surface area contributed by atoms with Gasteiger partial charge < -0.3 is 10.5 Å². The molecule has 0 amide bonds. The van der Waals surface area contributed by atoms with Crippen LogP contribution in [0.2, 0.25) is 0 Å². The van der Waals surface area contributed by atoms with Crippen molar-refractivity contribution in [1.29, 1.82) is 0 Å². The Hall–Kier alpha value is -1.94. The molecule has 2 aromatic carbocycles. The molecule has 4 heteroatoms. The summed E-state index contributed by atoms with van der Waals surface area (Å²) in [6, 6.07) is 8.82. The molecule has 0 aromatic heterocycles. The Morgan fingerprint density at radius 3 is 2.57 bits per heavy atom. The van der Waals surface area contributed by atoms with Gasteiger partial charge in [-0.25, -0.2) is 8.78 Å². The first-order chi connectivity index (χ1) is 10.1. The van der Waals surface area contributed by atoms with Crippen LogP contribution in [0.5, 0.6) is 5.75 Å². The summed E-state index contributed by atoms with van der Waals surface area (Å²) in [5.74, 6) is -0.684. The second-order valence-electron chi connectivity index (χ2n) is 4.96. The summed E-state index contributed by atoms with van der Waals surface area (Å²) in [7, 11) is 0. The van der Waals surface area contributed by atoms with Gasteiger partial charge >= 0.3 is 0 Å². The van der Waals surface area contributed by atoms with E-state index >= 15 is 0 Å². The smallest absolute Gasteiger partial charge is 0.134 e. The average Bonchev–Trinajstić information content (AvgIpc) is 2.49. The lowest BCUT2D eigenvalue weighted by atomic mass is 9.96. The van der Waals surface area contributed by atoms with Crippen molar-refractivity contribution in [1.82, 2.24) is 0 Å². The third-order valence-electron chi connectivity index (χ3n) is 3.35. The van der Waals surface area contributed by atoms with Crippen molar-refractivity contribution >= 4 is 0 Å². The molecule has 2 N–H and O–H groups in total. The topological polar surface area (TPSA) is 35.2 Å². The van der Waals surface area contributed by atoms with Crippen LogP contribution in [0.15, 0.2) is 36.4 Å². The molecule has 0 spiro atoms. The molecule has 2 nitrogen and oxygen atoms in total. The highest BCUT2D eigenvalue weighted by molar-refractivity contribution is 5.43. The van der Waals surface area contributed by atoms with Crippen LogP contribution in [0.4, 0.5) is 8.78 Å². The molecule has 1 atom stereocenters. The van der Waals surface area contributed by atoms with Gasteiger partial charge in [0.2, 0.25) is 0 Å². The largest absolute Gasteiger partial charge is 0.493 e. The van der Waals surface area contributed by atoms with E-state index in [4.69, 9.17) is 10.5 Å². The van der Waals surface area contributed by atoms with E-state index < -0.39 is 17.7 Å². The van der Waals surface area contributed by atoms with Crippen molar-refractivity contribution in [2.24, 2.45) is 5.73 Å². The fourth-order valence-corrected chi connectivity index (χ4v) is 2.20. The van der Waals surface area contributed by atoms with Crippen LogP contribution >= 0.6 is 0 Å². The predicted octanol–water partition coefficient (Wildman–Crippen LogP) is 4.11. The quantitative estimate of drug-likeness (QED) is 0.899. The van der Waals surface area contributed by atoms with Crippen LogP contribution in [0.3, 0.4) is 0 Å². The Labute approximate surface area is 123 Å². The number of hydrogen-bond donors (Lipinski definition) is 1. The molecule has 0 saturated heterocycles. The predicted molar refractivity (Wildman–Crippen MR) is 79.4 cm³/mol. The zero-order chi connectivity index (χ0) is 15.4. The van der Waals surface area contributed by atoms with Crippen molar-refractivity contribution in [2.45, 2.75) is 26.3 Å². The van der Waals surface area contributed by atoms with E-state index in [0.29, 0.717) is 23.5 Å². The summed E-state index contributed by atoms with van der Waals surface area (Å²) in [5.41, 5.74) is 6.92. The van der Waals surface area contributed by atoms with Crippen molar-refractivity contribution in [3.8, 4) is 5.75 Å². The molecule has 1 unspecified atom stereocenters. The minimum Gasteiger partial charge on any atom is -0.493 e. The van der Waals surface area contributed by atoms with Gasteiger partial charge in [0.1, 0.15) is 17.4 Å². The van der Waals surface area contributed by atoms with E-state index in [1.807, 2.05) is 13.0 Å². The number of hydrogen-bond acceptors (Lipinski definition) is 2. The number of rotatable bonds is 5. The molecule has 0 heterocycles. The Bertz CT molecular complexity index is 628. The molecule has 0 aliphatic heterocycles. The fourth-order valence-electron chi connectivity index (χ4n) is 2.20. The van der Waals surface area contributed by atoms with E-state index in [9.17, 15) is 8.78 Å². The molecule has 0 saturated carbocycles. The molecular formula is C17H19F2NO. The van der Waals surface area contributed by atoms with E-state index in [-0.39, 0.29) is 5.56 Å².